The zero-order chi connectivity index (χ0) is 13.1. The van der Waals surface area contributed by atoms with E-state index in [2.05, 4.69) is 0 Å². The highest BCUT2D eigenvalue weighted by molar-refractivity contribution is 5.78. The van der Waals surface area contributed by atoms with Crippen molar-refractivity contribution < 1.29 is 19.1 Å². The number of carboxylic acids is 1. The minimum absolute atomic E-state index is 0.0322. The van der Waals surface area contributed by atoms with Gasteiger partial charge in [0.2, 0.25) is 5.91 Å². The Morgan fingerprint density at radius 1 is 1.56 bits per heavy atom. The lowest BCUT2D eigenvalue weighted by Crippen LogP contribution is -2.53. The molecule has 1 amide bonds. The van der Waals surface area contributed by atoms with E-state index in [1.165, 1.54) is 0 Å². The number of rotatable bonds is 5. The van der Waals surface area contributed by atoms with Crippen LogP contribution >= 0.6 is 0 Å². The van der Waals surface area contributed by atoms with Crippen molar-refractivity contribution in [3.8, 4) is 0 Å². The number of likely N-dealkylation sites (tertiary alicyclic amines) is 1. The number of hydrogen-bond donors (Lipinski definition) is 1. The summed E-state index contributed by atoms with van der Waals surface area (Å²) in [6, 6.07) is 3.59. The molecule has 18 heavy (non-hydrogen) atoms. The predicted octanol–water partition coefficient (Wildman–Crippen LogP) is 0.254. The van der Waals surface area contributed by atoms with E-state index in [1.807, 2.05) is 11.0 Å². The molecule has 0 radical (unpaired) electrons. The van der Waals surface area contributed by atoms with E-state index in [4.69, 9.17) is 9.52 Å². The van der Waals surface area contributed by atoms with E-state index >= 15 is 0 Å². The van der Waals surface area contributed by atoms with Crippen LogP contribution in [0.15, 0.2) is 22.8 Å². The maximum atomic E-state index is 11.8. The Bertz CT molecular complexity index is 423. The SMILES string of the molecule is CN(Cc1ccco1)C(=O)CN1CC(C(=O)O)C1. The van der Waals surface area contributed by atoms with Gasteiger partial charge in [-0.05, 0) is 12.1 Å². The van der Waals surface area contributed by atoms with Crippen LogP contribution in [-0.2, 0) is 16.1 Å². The van der Waals surface area contributed by atoms with Gasteiger partial charge >= 0.3 is 5.97 Å². The smallest absolute Gasteiger partial charge is 0.309 e. The van der Waals surface area contributed by atoms with Gasteiger partial charge in [0.25, 0.3) is 0 Å². The number of hydrogen-bond acceptors (Lipinski definition) is 4. The van der Waals surface area contributed by atoms with Gasteiger partial charge in [0.05, 0.1) is 25.3 Å². The second kappa shape index (κ2) is 5.22. The molecule has 2 heterocycles. The molecule has 6 nitrogen and oxygen atoms in total. The highest BCUT2D eigenvalue weighted by Crippen LogP contribution is 2.15. The van der Waals surface area contributed by atoms with Crippen LogP contribution in [0.25, 0.3) is 0 Å². The number of nitrogens with zero attached hydrogens (tertiary/aromatic N) is 2. The first kappa shape index (κ1) is 12.6. The molecule has 98 valence electrons. The van der Waals surface area contributed by atoms with Crippen LogP contribution in [0.4, 0.5) is 0 Å². The summed E-state index contributed by atoms with van der Waals surface area (Å²) in [4.78, 5) is 25.9. The fourth-order valence-electron chi connectivity index (χ4n) is 1.89. The van der Waals surface area contributed by atoms with E-state index in [0.29, 0.717) is 19.6 Å². The van der Waals surface area contributed by atoms with Gasteiger partial charge in [-0.2, -0.15) is 0 Å². The molecule has 1 aliphatic heterocycles. The van der Waals surface area contributed by atoms with Crippen LogP contribution in [0.2, 0.25) is 0 Å². The molecular weight excluding hydrogens is 236 g/mol. The maximum Gasteiger partial charge on any atom is 0.309 e. The number of aliphatic carboxylic acids is 1. The van der Waals surface area contributed by atoms with Crippen molar-refractivity contribution >= 4 is 11.9 Å². The Hall–Kier alpha value is -1.82. The van der Waals surface area contributed by atoms with Crippen LogP contribution in [0.3, 0.4) is 0 Å². The summed E-state index contributed by atoms with van der Waals surface area (Å²) in [5.74, 6) is -0.413. The first-order valence-corrected chi connectivity index (χ1v) is 5.78. The lowest BCUT2D eigenvalue weighted by molar-refractivity contribution is -0.149. The Morgan fingerprint density at radius 2 is 2.28 bits per heavy atom. The van der Waals surface area contributed by atoms with Crippen LogP contribution in [0.1, 0.15) is 5.76 Å². The van der Waals surface area contributed by atoms with Gasteiger partial charge in [0, 0.05) is 20.1 Å². The summed E-state index contributed by atoms with van der Waals surface area (Å²) >= 11 is 0. The minimum Gasteiger partial charge on any atom is -0.481 e. The molecule has 1 aliphatic rings. The Balaban J connectivity index is 1.74. The molecule has 0 aromatic carbocycles. The first-order valence-electron chi connectivity index (χ1n) is 5.78. The number of likely N-dealkylation sites (N-methyl/N-ethyl adjacent to an activating group) is 1. The summed E-state index contributed by atoms with van der Waals surface area (Å²) in [5, 5.41) is 8.73. The molecule has 6 heteroatoms. The fraction of sp³-hybridized carbons (Fsp3) is 0.500. The number of furan rings is 1. The van der Waals surface area contributed by atoms with Gasteiger partial charge in [-0.3, -0.25) is 14.5 Å². The first-order chi connectivity index (χ1) is 8.56. The zero-order valence-corrected chi connectivity index (χ0v) is 10.2. The van der Waals surface area contributed by atoms with Gasteiger partial charge in [0.15, 0.2) is 0 Å². The summed E-state index contributed by atoms with van der Waals surface area (Å²) in [6.45, 7) is 1.61. The molecule has 2 rings (SSSR count). The summed E-state index contributed by atoms with van der Waals surface area (Å²) in [7, 11) is 1.71. The van der Waals surface area contributed by atoms with Crippen molar-refractivity contribution in [3.05, 3.63) is 24.2 Å². The van der Waals surface area contributed by atoms with Gasteiger partial charge < -0.3 is 14.4 Å². The summed E-state index contributed by atoms with van der Waals surface area (Å²) in [5.41, 5.74) is 0. The molecular formula is C12H16N2O4. The number of amides is 1. The predicted molar refractivity (Wildman–Crippen MR) is 62.7 cm³/mol. The summed E-state index contributed by atoms with van der Waals surface area (Å²) in [6.07, 6.45) is 1.57. The Kier molecular flexibility index (Phi) is 3.66. The van der Waals surface area contributed by atoms with E-state index in [0.717, 1.165) is 5.76 Å². The normalized spacial score (nSPS) is 16.3. The number of carbonyl (C=O) groups excluding carboxylic acids is 1. The molecule has 1 N–H and O–H groups in total. The highest BCUT2D eigenvalue weighted by Gasteiger charge is 2.33. The van der Waals surface area contributed by atoms with Crippen molar-refractivity contribution in [2.24, 2.45) is 5.92 Å². The van der Waals surface area contributed by atoms with E-state index in [9.17, 15) is 9.59 Å². The fourth-order valence-corrected chi connectivity index (χ4v) is 1.89. The standard InChI is InChI=1S/C12H16N2O4/c1-13(7-10-3-2-4-18-10)11(15)8-14-5-9(6-14)12(16)17/h2-4,9H,5-8H2,1H3,(H,16,17). The molecule has 0 unspecified atom stereocenters. The minimum atomic E-state index is -0.789. The second-order valence-electron chi connectivity index (χ2n) is 4.56. The molecule has 1 aromatic rings. The molecule has 0 bridgehead atoms. The van der Waals surface area contributed by atoms with Crippen molar-refractivity contribution in [1.29, 1.82) is 0 Å². The number of carbonyl (C=O) groups is 2. The van der Waals surface area contributed by atoms with Crippen molar-refractivity contribution in [1.82, 2.24) is 9.80 Å². The van der Waals surface area contributed by atoms with Crippen molar-refractivity contribution in [2.45, 2.75) is 6.54 Å². The van der Waals surface area contributed by atoms with Gasteiger partial charge in [-0.15, -0.1) is 0 Å². The average molecular weight is 252 g/mol. The third kappa shape index (κ3) is 2.89. The molecule has 0 atom stereocenters. The van der Waals surface area contributed by atoms with Gasteiger partial charge in [-0.25, -0.2) is 0 Å². The van der Waals surface area contributed by atoms with Crippen LogP contribution in [0.5, 0.6) is 0 Å². The molecule has 1 fully saturated rings. The molecule has 1 aromatic heterocycles. The van der Waals surface area contributed by atoms with E-state index < -0.39 is 5.97 Å². The average Bonchev–Trinajstić information content (AvgIpc) is 2.74. The zero-order valence-electron chi connectivity index (χ0n) is 10.2. The third-order valence-corrected chi connectivity index (χ3v) is 3.06. The Morgan fingerprint density at radius 3 is 2.83 bits per heavy atom. The number of carboxylic acid groups (broad SMARTS) is 1. The molecule has 0 saturated carbocycles. The summed E-state index contributed by atoms with van der Waals surface area (Å²) < 4.78 is 5.16. The Labute approximate surface area is 105 Å². The third-order valence-electron chi connectivity index (χ3n) is 3.06. The lowest BCUT2D eigenvalue weighted by Gasteiger charge is -2.36. The van der Waals surface area contributed by atoms with Gasteiger partial charge in [0.1, 0.15) is 5.76 Å². The van der Waals surface area contributed by atoms with Crippen molar-refractivity contribution in [2.75, 3.05) is 26.7 Å². The van der Waals surface area contributed by atoms with Gasteiger partial charge in [-0.1, -0.05) is 0 Å². The van der Waals surface area contributed by atoms with Crippen LogP contribution in [-0.4, -0.2) is 53.5 Å². The van der Waals surface area contributed by atoms with Crippen molar-refractivity contribution in [3.63, 3.8) is 0 Å². The second-order valence-corrected chi connectivity index (χ2v) is 4.56. The lowest BCUT2D eigenvalue weighted by atomic mass is 10.0. The highest BCUT2D eigenvalue weighted by atomic mass is 16.4. The van der Waals surface area contributed by atoms with Crippen LogP contribution in [0, 0.1) is 5.92 Å². The monoisotopic (exact) mass is 252 g/mol. The maximum absolute atomic E-state index is 11.8. The van der Waals surface area contributed by atoms with E-state index in [-0.39, 0.29) is 18.4 Å². The topological polar surface area (TPSA) is 74.0 Å². The largest absolute Gasteiger partial charge is 0.481 e. The molecule has 1 saturated heterocycles. The van der Waals surface area contributed by atoms with E-state index in [1.54, 1.807) is 24.3 Å². The quantitative estimate of drug-likeness (QED) is 0.813. The van der Waals surface area contributed by atoms with Crippen LogP contribution < -0.4 is 0 Å². The molecule has 0 spiro atoms. The molecule has 0 aliphatic carbocycles.